The van der Waals surface area contributed by atoms with Gasteiger partial charge in [-0.05, 0) is 104 Å². The molecule has 2 aliphatic rings. The van der Waals surface area contributed by atoms with Crippen LogP contribution in [0.3, 0.4) is 0 Å². The molecule has 1 heterocycles. The molecule has 0 bridgehead atoms. The Morgan fingerprint density at radius 3 is 2.73 bits per heavy atom. The lowest BCUT2D eigenvalue weighted by Crippen LogP contribution is -2.34. The predicted octanol–water partition coefficient (Wildman–Crippen LogP) is 6.87. The number of halogens is 1. The molecule has 6 heteroatoms. The van der Waals surface area contributed by atoms with Gasteiger partial charge in [-0.25, -0.2) is 4.39 Å². The van der Waals surface area contributed by atoms with Crippen molar-refractivity contribution in [2.24, 2.45) is 0 Å². The van der Waals surface area contributed by atoms with Crippen molar-refractivity contribution in [2.75, 3.05) is 44.8 Å². The zero-order valence-corrected chi connectivity index (χ0v) is 23.8. The Hall–Kier alpha value is -3.51. The molecule has 1 atom stereocenters. The van der Waals surface area contributed by atoms with E-state index in [1.165, 1.54) is 22.3 Å². The molecule has 0 aromatic heterocycles. The Morgan fingerprint density at radius 1 is 1.07 bits per heavy atom. The zero-order chi connectivity index (χ0) is 28.1. The Morgan fingerprint density at radius 2 is 1.95 bits per heavy atom. The van der Waals surface area contributed by atoms with E-state index in [9.17, 15) is 5.11 Å². The van der Waals surface area contributed by atoms with E-state index in [1.54, 1.807) is 25.3 Å². The van der Waals surface area contributed by atoms with E-state index in [-0.39, 0.29) is 5.82 Å². The standard InChI is InChI=1S/C34H41FN2O3/c1-4-37(23-25-7-14-34(32(35)18-25)40-17-16-36-15-5-6-24(2)22-36)33-21-30(39-3)12-13-31(33)28-9-8-27-20-29(38)11-10-26(27)19-28/h7,10-14,18,20-21,28,38H,2,4-6,8-9,15-17,19,22-23H2,1,3H3. The Bertz CT molecular complexity index is 1340. The molecule has 1 unspecified atom stereocenters. The summed E-state index contributed by atoms with van der Waals surface area (Å²) in [6.45, 7) is 10.8. The van der Waals surface area contributed by atoms with Gasteiger partial charge in [-0.15, -0.1) is 0 Å². The SMILES string of the molecule is C=C1CCCN(CCOc2ccc(CN(CC)c3cc(OC)ccc3C3CCc4cc(O)ccc4C3)cc2F)C1. The van der Waals surface area contributed by atoms with Crippen molar-refractivity contribution < 1.29 is 19.0 Å². The number of aromatic hydroxyl groups is 1. The van der Waals surface area contributed by atoms with Crippen molar-refractivity contribution in [1.82, 2.24) is 4.90 Å². The number of rotatable bonds is 10. The molecular formula is C34H41FN2O3. The Labute approximate surface area is 237 Å². The maximum atomic E-state index is 15.1. The molecule has 0 saturated carbocycles. The van der Waals surface area contributed by atoms with Crippen LogP contribution < -0.4 is 14.4 Å². The van der Waals surface area contributed by atoms with Gasteiger partial charge in [-0.1, -0.05) is 30.4 Å². The number of ether oxygens (including phenoxy) is 2. The first-order chi connectivity index (χ1) is 19.4. The van der Waals surface area contributed by atoms with Crippen molar-refractivity contribution in [3.8, 4) is 17.2 Å². The lowest BCUT2D eigenvalue weighted by atomic mass is 9.79. The van der Waals surface area contributed by atoms with E-state index < -0.39 is 0 Å². The first-order valence-electron chi connectivity index (χ1n) is 14.5. The molecule has 1 saturated heterocycles. The molecule has 1 aliphatic heterocycles. The van der Waals surface area contributed by atoms with E-state index in [0.29, 0.717) is 30.6 Å². The van der Waals surface area contributed by atoms with Gasteiger partial charge in [0.1, 0.15) is 18.1 Å². The lowest BCUT2D eigenvalue weighted by molar-refractivity contribution is 0.201. The second kappa shape index (κ2) is 12.8. The fourth-order valence-corrected chi connectivity index (χ4v) is 6.13. The highest BCUT2D eigenvalue weighted by Gasteiger charge is 2.25. The van der Waals surface area contributed by atoms with Gasteiger partial charge in [0.05, 0.1) is 7.11 Å². The van der Waals surface area contributed by atoms with Gasteiger partial charge in [0, 0.05) is 37.9 Å². The number of piperidine rings is 1. The highest BCUT2D eigenvalue weighted by Crippen LogP contribution is 2.40. The summed E-state index contributed by atoms with van der Waals surface area (Å²) in [5, 5.41) is 9.90. The number of phenolic OH excluding ortho intramolecular Hbond substituents is 1. The highest BCUT2D eigenvalue weighted by molar-refractivity contribution is 5.60. The van der Waals surface area contributed by atoms with Crippen LogP contribution in [0, 0.1) is 5.82 Å². The second-order valence-corrected chi connectivity index (χ2v) is 11.1. The van der Waals surface area contributed by atoms with Gasteiger partial charge in [0.15, 0.2) is 11.6 Å². The monoisotopic (exact) mass is 544 g/mol. The van der Waals surface area contributed by atoms with Gasteiger partial charge < -0.3 is 19.5 Å². The lowest BCUT2D eigenvalue weighted by Gasteiger charge is -2.32. The van der Waals surface area contributed by atoms with Crippen molar-refractivity contribution in [1.29, 1.82) is 0 Å². The molecule has 3 aromatic rings. The van der Waals surface area contributed by atoms with Gasteiger partial charge in [0.25, 0.3) is 0 Å². The van der Waals surface area contributed by atoms with Crippen molar-refractivity contribution >= 4 is 5.69 Å². The van der Waals surface area contributed by atoms with E-state index >= 15 is 4.39 Å². The van der Waals surface area contributed by atoms with Crippen molar-refractivity contribution in [3.05, 3.63) is 94.8 Å². The quantitative estimate of drug-likeness (QED) is 0.282. The number of hydrogen-bond donors (Lipinski definition) is 1. The van der Waals surface area contributed by atoms with Crippen LogP contribution in [0.4, 0.5) is 10.1 Å². The van der Waals surface area contributed by atoms with Crippen LogP contribution in [0.2, 0.25) is 0 Å². The fourth-order valence-electron chi connectivity index (χ4n) is 6.13. The molecule has 40 heavy (non-hydrogen) atoms. The molecule has 5 nitrogen and oxygen atoms in total. The number of benzene rings is 3. The normalized spacial score (nSPS) is 17.4. The minimum absolute atomic E-state index is 0.302. The van der Waals surface area contributed by atoms with Crippen LogP contribution >= 0.6 is 0 Å². The van der Waals surface area contributed by atoms with Gasteiger partial charge in [-0.3, -0.25) is 4.90 Å². The molecule has 212 valence electrons. The summed E-state index contributed by atoms with van der Waals surface area (Å²) < 4.78 is 26.5. The molecule has 0 spiro atoms. The molecule has 1 aliphatic carbocycles. The third-order valence-electron chi connectivity index (χ3n) is 8.30. The van der Waals surface area contributed by atoms with Gasteiger partial charge >= 0.3 is 0 Å². The first kappa shape index (κ1) is 28.0. The molecule has 1 fully saturated rings. The maximum absolute atomic E-state index is 15.1. The molecule has 3 aromatic carbocycles. The average Bonchev–Trinajstić information content (AvgIpc) is 2.96. The molecule has 1 N–H and O–H groups in total. The Kier molecular flexibility index (Phi) is 8.95. The summed E-state index contributed by atoms with van der Waals surface area (Å²) in [4.78, 5) is 4.61. The number of likely N-dealkylation sites (tertiary alicyclic amines) is 1. The summed E-state index contributed by atoms with van der Waals surface area (Å²) in [6, 6.07) is 17.4. The minimum atomic E-state index is -0.324. The van der Waals surface area contributed by atoms with Crippen LogP contribution in [-0.2, 0) is 19.4 Å². The number of phenols is 1. The highest BCUT2D eigenvalue weighted by atomic mass is 19.1. The third-order valence-corrected chi connectivity index (χ3v) is 8.30. The zero-order valence-electron chi connectivity index (χ0n) is 23.8. The minimum Gasteiger partial charge on any atom is -0.508 e. The molecular weight excluding hydrogens is 503 g/mol. The number of methoxy groups -OCH3 is 1. The maximum Gasteiger partial charge on any atom is 0.165 e. The average molecular weight is 545 g/mol. The summed E-state index contributed by atoms with van der Waals surface area (Å²) in [5.74, 6) is 1.48. The van der Waals surface area contributed by atoms with E-state index in [1.807, 2.05) is 24.3 Å². The number of aryl methyl sites for hydroxylation is 1. The number of anilines is 1. The topological polar surface area (TPSA) is 45.2 Å². The van der Waals surface area contributed by atoms with Crippen LogP contribution in [-0.4, -0.2) is 49.9 Å². The summed E-state index contributed by atoms with van der Waals surface area (Å²) in [6.07, 6.45) is 5.10. The second-order valence-electron chi connectivity index (χ2n) is 11.1. The first-order valence-corrected chi connectivity index (χ1v) is 14.5. The van der Waals surface area contributed by atoms with Crippen LogP contribution in [0.25, 0.3) is 0 Å². The molecule has 5 rings (SSSR count). The predicted molar refractivity (Wildman–Crippen MR) is 159 cm³/mol. The molecule has 0 amide bonds. The van der Waals surface area contributed by atoms with Crippen molar-refractivity contribution in [2.45, 2.75) is 51.5 Å². The van der Waals surface area contributed by atoms with E-state index in [4.69, 9.17) is 9.47 Å². The number of nitrogens with zero attached hydrogens (tertiary/aromatic N) is 2. The summed E-state index contributed by atoms with van der Waals surface area (Å²) >= 11 is 0. The van der Waals surface area contributed by atoms with Gasteiger partial charge in [0.2, 0.25) is 0 Å². The van der Waals surface area contributed by atoms with E-state index in [0.717, 1.165) is 75.3 Å². The van der Waals surface area contributed by atoms with Crippen LogP contribution in [0.5, 0.6) is 17.2 Å². The molecule has 0 radical (unpaired) electrons. The Balaban J connectivity index is 1.29. The smallest absolute Gasteiger partial charge is 0.165 e. The number of hydrogen-bond acceptors (Lipinski definition) is 5. The number of fused-ring (bicyclic) bond motifs is 1. The van der Waals surface area contributed by atoms with Crippen LogP contribution in [0.15, 0.2) is 66.7 Å². The summed E-state index contributed by atoms with van der Waals surface area (Å²) in [5.41, 5.74) is 7.09. The van der Waals surface area contributed by atoms with Gasteiger partial charge in [-0.2, -0.15) is 0 Å². The largest absolute Gasteiger partial charge is 0.508 e. The van der Waals surface area contributed by atoms with E-state index in [2.05, 4.69) is 35.4 Å². The third kappa shape index (κ3) is 6.61. The fraction of sp³-hybridized carbons (Fsp3) is 0.412. The van der Waals surface area contributed by atoms with Crippen LogP contribution in [0.1, 0.15) is 54.4 Å². The van der Waals surface area contributed by atoms with Crippen molar-refractivity contribution in [3.63, 3.8) is 0 Å². The summed E-state index contributed by atoms with van der Waals surface area (Å²) in [7, 11) is 1.69.